The molecule has 0 saturated carbocycles. The molecule has 2 aromatic heterocycles. The van der Waals surface area contributed by atoms with Gasteiger partial charge in [-0.3, -0.25) is 9.36 Å². The van der Waals surface area contributed by atoms with Crippen molar-refractivity contribution in [3.8, 4) is 23.0 Å². The van der Waals surface area contributed by atoms with Crippen LogP contribution in [0.3, 0.4) is 0 Å². The zero-order valence-electron chi connectivity index (χ0n) is 19.8. The van der Waals surface area contributed by atoms with Gasteiger partial charge in [0, 0.05) is 17.0 Å². The first-order chi connectivity index (χ1) is 17.6. The number of methoxy groups -OCH3 is 1. The Bertz CT molecular complexity index is 1460. The van der Waals surface area contributed by atoms with Crippen molar-refractivity contribution in [2.75, 3.05) is 12.4 Å². The molecule has 1 amide bonds. The van der Waals surface area contributed by atoms with Crippen molar-refractivity contribution in [1.82, 2.24) is 14.8 Å². The van der Waals surface area contributed by atoms with E-state index < -0.39 is 0 Å². The maximum absolute atomic E-state index is 12.6. The first-order valence-corrected chi connectivity index (χ1v) is 12.3. The van der Waals surface area contributed by atoms with Crippen LogP contribution in [-0.4, -0.2) is 27.8 Å². The number of hydrogen-bond donors (Lipinski definition) is 1. The quantitative estimate of drug-likeness (QED) is 0.251. The number of rotatable bonds is 8. The normalized spacial score (nSPS) is 10.8. The fourth-order valence-electron chi connectivity index (χ4n) is 3.72. The Morgan fingerprint density at radius 1 is 1.00 bits per heavy atom. The second-order valence-electron chi connectivity index (χ2n) is 8.13. The van der Waals surface area contributed by atoms with Gasteiger partial charge in [0.05, 0.1) is 19.1 Å². The highest BCUT2D eigenvalue weighted by Gasteiger charge is 2.18. The summed E-state index contributed by atoms with van der Waals surface area (Å²) in [6.45, 7) is 2.00. The average molecular weight is 497 g/mol. The fraction of sp³-hybridized carbons (Fsp3) is 0.107. The molecule has 0 aliphatic heterocycles. The highest BCUT2D eigenvalue weighted by molar-refractivity contribution is 7.98. The standard InChI is InChI=1S/C28H24N4O3S/c1-19-5-3-6-22(17-19)29-27(33)21-10-8-20(9-11-21)18-36-28-31-30-26(25-7-4-16-35-25)32(28)23-12-14-24(34-2)15-13-23/h3-17H,18H2,1-2H3,(H,29,33). The molecule has 0 saturated heterocycles. The van der Waals surface area contributed by atoms with E-state index in [9.17, 15) is 4.79 Å². The van der Waals surface area contributed by atoms with Crippen LogP contribution in [0.2, 0.25) is 0 Å². The maximum Gasteiger partial charge on any atom is 0.255 e. The molecule has 2 heterocycles. The molecule has 0 unspecified atom stereocenters. The van der Waals surface area contributed by atoms with Crippen LogP contribution in [0.15, 0.2) is 101 Å². The van der Waals surface area contributed by atoms with Crippen molar-refractivity contribution >= 4 is 23.4 Å². The van der Waals surface area contributed by atoms with Crippen LogP contribution in [0.1, 0.15) is 21.5 Å². The lowest BCUT2D eigenvalue weighted by Crippen LogP contribution is -2.11. The highest BCUT2D eigenvalue weighted by atomic mass is 32.2. The van der Waals surface area contributed by atoms with E-state index in [-0.39, 0.29) is 5.91 Å². The van der Waals surface area contributed by atoms with Crippen LogP contribution in [0.4, 0.5) is 5.69 Å². The van der Waals surface area contributed by atoms with Crippen LogP contribution >= 0.6 is 11.8 Å². The minimum atomic E-state index is -0.137. The number of anilines is 1. The molecule has 5 aromatic rings. The molecule has 0 fully saturated rings. The smallest absolute Gasteiger partial charge is 0.255 e. The molecule has 8 heteroatoms. The molecule has 1 N–H and O–H groups in total. The molecule has 3 aromatic carbocycles. The van der Waals surface area contributed by atoms with E-state index in [1.807, 2.05) is 96.4 Å². The van der Waals surface area contributed by atoms with Gasteiger partial charge in [-0.2, -0.15) is 0 Å². The Labute approximate surface area is 213 Å². The van der Waals surface area contributed by atoms with Gasteiger partial charge in [-0.1, -0.05) is 36.0 Å². The number of thioether (sulfide) groups is 1. The van der Waals surface area contributed by atoms with Gasteiger partial charge in [0.25, 0.3) is 5.91 Å². The molecule has 0 aliphatic rings. The molecular weight excluding hydrogens is 472 g/mol. The molecule has 7 nitrogen and oxygen atoms in total. The van der Waals surface area contributed by atoms with E-state index >= 15 is 0 Å². The Morgan fingerprint density at radius 3 is 2.50 bits per heavy atom. The van der Waals surface area contributed by atoms with Crippen molar-refractivity contribution < 1.29 is 13.9 Å². The molecular formula is C28H24N4O3S. The zero-order valence-corrected chi connectivity index (χ0v) is 20.7. The largest absolute Gasteiger partial charge is 0.497 e. The maximum atomic E-state index is 12.6. The number of hydrogen-bond acceptors (Lipinski definition) is 6. The highest BCUT2D eigenvalue weighted by Crippen LogP contribution is 2.30. The van der Waals surface area contributed by atoms with Gasteiger partial charge in [-0.05, 0) is 78.7 Å². The number of carbonyl (C=O) groups is 1. The minimum Gasteiger partial charge on any atom is -0.497 e. The number of aryl methyl sites for hydroxylation is 1. The SMILES string of the molecule is COc1ccc(-n2c(SCc3ccc(C(=O)Nc4cccc(C)c4)cc3)nnc2-c2ccco2)cc1. The molecule has 0 aliphatic carbocycles. The Kier molecular flexibility index (Phi) is 6.86. The van der Waals surface area contributed by atoms with Crippen molar-refractivity contribution in [3.05, 3.63) is 108 Å². The lowest BCUT2D eigenvalue weighted by molar-refractivity contribution is 0.102. The molecule has 0 bridgehead atoms. The van der Waals surface area contributed by atoms with E-state index in [0.29, 0.717) is 22.9 Å². The van der Waals surface area contributed by atoms with Crippen LogP contribution < -0.4 is 10.1 Å². The van der Waals surface area contributed by atoms with Crippen LogP contribution in [0.5, 0.6) is 5.75 Å². The van der Waals surface area contributed by atoms with E-state index in [0.717, 1.165) is 33.4 Å². The third kappa shape index (κ3) is 5.18. The summed E-state index contributed by atoms with van der Waals surface area (Å²) in [5.74, 6) is 2.55. The van der Waals surface area contributed by atoms with Gasteiger partial charge in [0.15, 0.2) is 10.9 Å². The first-order valence-electron chi connectivity index (χ1n) is 11.3. The number of aromatic nitrogens is 3. The summed E-state index contributed by atoms with van der Waals surface area (Å²) in [7, 11) is 1.64. The number of nitrogens with one attached hydrogen (secondary N) is 1. The van der Waals surface area contributed by atoms with E-state index in [1.165, 1.54) is 0 Å². The number of furan rings is 1. The van der Waals surface area contributed by atoms with E-state index in [2.05, 4.69) is 15.5 Å². The van der Waals surface area contributed by atoms with Gasteiger partial charge < -0.3 is 14.5 Å². The van der Waals surface area contributed by atoms with Crippen LogP contribution in [0.25, 0.3) is 17.3 Å². The van der Waals surface area contributed by atoms with Crippen LogP contribution in [-0.2, 0) is 5.75 Å². The lowest BCUT2D eigenvalue weighted by atomic mass is 10.1. The summed E-state index contributed by atoms with van der Waals surface area (Å²) >= 11 is 1.56. The molecule has 0 spiro atoms. The number of nitrogens with zero attached hydrogens (tertiary/aromatic N) is 3. The number of amides is 1. The fourth-order valence-corrected chi connectivity index (χ4v) is 4.63. The van der Waals surface area contributed by atoms with Crippen molar-refractivity contribution in [1.29, 1.82) is 0 Å². The first kappa shape index (κ1) is 23.4. The summed E-state index contributed by atoms with van der Waals surface area (Å²) in [6.07, 6.45) is 1.62. The minimum absolute atomic E-state index is 0.137. The third-order valence-electron chi connectivity index (χ3n) is 5.57. The third-order valence-corrected chi connectivity index (χ3v) is 6.57. The summed E-state index contributed by atoms with van der Waals surface area (Å²) in [5.41, 5.74) is 4.45. The molecule has 36 heavy (non-hydrogen) atoms. The predicted molar refractivity (Wildman–Crippen MR) is 141 cm³/mol. The summed E-state index contributed by atoms with van der Waals surface area (Å²) < 4.78 is 12.9. The average Bonchev–Trinajstić information content (AvgIpc) is 3.58. The summed E-state index contributed by atoms with van der Waals surface area (Å²) in [4.78, 5) is 12.6. The van der Waals surface area contributed by atoms with E-state index in [1.54, 1.807) is 25.1 Å². The van der Waals surface area contributed by atoms with Gasteiger partial charge in [-0.15, -0.1) is 10.2 Å². The lowest BCUT2D eigenvalue weighted by Gasteiger charge is -2.10. The Hall–Kier alpha value is -4.30. The number of carbonyl (C=O) groups excluding carboxylic acids is 1. The summed E-state index contributed by atoms with van der Waals surface area (Å²) in [6, 6.07) is 26.7. The van der Waals surface area contributed by atoms with Crippen molar-refractivity contribution in [3.63, 3.8) is 0 Å². The van der Waals surface area contributed by atoms with Crippen molar-refractivity contribution in [2.45, 2.75) is 17.8 Å². The Morgan fingerprint density at radius 2 is 1.81 bits per heavy atom. The molecule has 0 atom stereocenters. The van der Waals surface area contributed by atoms with Gasteiger partial charge in [0.2, 0.25) is 5.82 Å². The topological polar surface area (TPSA) is 82.2 Å². The zero-order chi connectivity index (χ0) is 24.9. The van der Waals surface area contributed by atoms with Gasteiger partial charge >= 0.3 is 0 Å². The number of benzene rings is 3. The monoisotopic (exact) mass is 496 g/mol. The van der Waals surface area contributed by atoms with Gasteiger partial charge in [-0.25, -0.2) is 0 Å². The van der Waals surface area contributed by atoms with Crippen molar-refractivity contribution in [2.24, 2.45) is 0 Å². The molecule has 0 radical (unpaired) electrons. The van der Waals surface area contributed by atoms with Gasteiger partial charge in [0.1, 0.15) is 5.75 Å². The predicted octanol–water partition coefficient (Wildman–Crippen LogP) is 6.39. The Balaban J connectivity index is 1.32. The van der Waals surface area contributed by atoms with Crippen LogP contribution in [0, 0.1) is 6.92 Å². The second kappa shape index (κ2) is 10.5. The number of ether oxygens (including phenoxy) is 1. The van der Waals surface area contributed by atoms with E-state index in [4.69, 9.17) is 9.15 Å². The molecule has 5 rings (SSSR count). The second-order valence-corrected chi connectivity index (χ2v) is 9.07. The molecule has 180 valence electrons. The summed E-state index contributed by atoms with van der Waals surface area (Å²) in [5, 5.41) is 12.5.